The van der Waals surface area contributed by atoms with Gasteiger partial charge in [-0.15, -0.1) is 0 Å². The molecule has 2 rings (SSSR count). The van der Waals surface area contributed by atoms with Gasteiger partial charge in [-0.1, -0.05) is 26.2 Å². The van der Waals surface area contributed by atoms with Crippen molar-refractivity contribution in [2.24, 2.45) is 11.8 Å². The van der Waals surface area contributed by atoms with Crippen molar-refractivity contribution in [2.45, 2.75) is 51.9 Å². The Morgan fingerprint density at radius 3 is 2.60 bits per heavy atom. The van der Waals surface area contributed by atoms with E-state index in [2.05, 4.69) is 22.9 Å². The van der Waals surface area contributed by atoms with Crippen LogP contribution in [-0.4, -0.2) is 5.78 Å². The van der Waals surface area contributed by atoms with Crippen molar-refractivity contribution in [3.05, 3.63) is 28.2 Å². The second kappa shape index (κ2) is 7.26. The summed E-state index contributed by atoms with van der Waals surface area (Å²) in [7, 11) is 0. The lowest BCUT2D eigenvalue weighted by Gasteiger charge is -2.27. The number of carbonyl (C=O) groups excluding carboxylic acids is 1. The quantitative estimate of drug-likeness (QED) is 0.591. The standard InChI is InChI=1S/C17H24BrNO/c1-2-3-4-12-5-7-13(8-6-12)17(20)14-9-10-16(19)15(18)11-14/h9-13H,2-8,19H2,1H3. The number of Topliss-reactive ketones (excluding diaryl/α,β-unsaturated/α-hetero) is 1. The molecule has 0 bridgehead atoms. The maximum atomic E-state index is 12.5. The number of rotatable bonds is 5. The van der Waals surface area contributed by atoms with Crippen LogP contribution < -0.4 is 5.73 Å². The number of carbonyl (C=O) groups is 1. The Hall–Kier alpha value is -0.830. The zero-order valence-electron chi connectivity index (χ0n) is 12.2. The van der Waals surface area contributed by atoms with Gasteiger partial charge in [0.25, 0.3) is 0 Å². The van der Waals surface area contributed by atoms with Crippen LogP contribution >= 0.6 is 15.9 Å². The molecular weight excluding hydrogens is 314 g/mol. The van der Waals surface area contributed by atoms with E-state index in [0.717, 1.165) is 28.8 Å². The molecule has 0 radical (unpaired) electrons. The van der Waals surface area contributed by atoms with Gasteiger partial charge < -0.3 is 5.73 Å². The van der Waals surface area contributed by atoms with E-state index in [1.54, 1.807) is 0 Å². The molecular formula is C17H24BrNO. The molecule has 0 aliphatic heterocycles. The zero-order chi connectivity index (χ0) is 14.5. The van der Waals surface area contributed by atoms with Crippen LogP contribution in [-0.2, 0) is 0 Å². The van der Waals surface area contributed by atoms with E-state index in [4.69, 9.17) is 5.73 Å². The van der Waals surface area contributed by atoms with Gasteiger partial charge in [-0.05, 0) is 65.7 Å². The first kappa shape index (κ1) is 15.6. The third kappa shape index (κ3) is 3.85. The van der Waals surface area contributed by atoms with Crippen LogP contribution in [0, 0.1) is 11.8 Å². The first-order valence-electron chi connectivity index (χ1n) is 7.71. The van der Waals surface area contributed by atoms with Gasteiger partial charge in [-0.3, -0.25) is 4.79 Å². The second-order valence-corrected chi connectivity index (χ2v) is 6.81. The Labute approximate surface area is 130 Å². The van der Waals surface area contributed by atoms with Crippen LogP contribution in [0.3, 0.4) is 0 Å². The average molecular weight is 338 g/mol. The summed E-state index contributed by atoms with van der Waals surface area (Å²) < 4.78 is 0.819. The van der Waals surface area contributed by atoms with Crippen molar-refractivity contribution in [1.29, 1.82) is 0 Å². The van der Waals surface area contributed by atoms with Gasteiger partial charge in [0.1, 0.15) is 0 Å². The van der Waals surface area contributed by atoms with Gasteiger partial charge in [-0.25, -0.2) is 0 Å². The van der Waals surface area contributed by atoms with Gasteiger partial charge in [0.05, 0.1) is 0 Å². The summed E-state index contributed by atoms with van der Waals surface area (Å²) in [5.74, 6) is 1.35. The van der Waals surface area contributed by atoms with Crippen LogP contribution in [0.2, 0.25) is 0 Å². The smallest absolute Gasteiger partial charge is 0.165 e. The number of benzene rings is 1. The maximum Gasteiger partial charge on any atom is 0.165 e. The fourth-order valence-electron chi connectivity index (χ4n) is 3.12. The van der Waals surface area contributed by atoms with E-state index in [0.29, 0.717) is 11.5 Å². The molecule has 1 aliphatic carbocycles. The molecule has 1 fully saturated rings. The molecule has 0 atom stereocenters. The Balaban J connectivity index is 1.92. The van der Waals surface area contributed by atoms with Crippen molar-refractivity contribution < 1.29 is 4.79 Å². The first-order valence-corrected chi connectivity index (χ1v) is 8.50. The molecule has 0 aromatic heterocycles. The summed E-state index contributed by atoms with van der Waals surface area (Å²) in [5.41, 5.74) is 7.25. The SMILES string of the molecule is CCCCC1CCC(C(=O)c2ccc(N)c(Br)c2)CC1. The molecule has 0 spiro atoms. The first-order chi connectivity index (χ1) is 9.61. The van der Waals surface area contributed by atoms with E-state index < -0.39 is 0 Å². The van der Waals surface area contributed by atoms with Crippen molar-refractivity contribution in [2.75, 3.05) is 5.73 Å². The van der Waals surface area contributed by atoms with Gasteiger partial charge in [-0.2, -0.15) is 0 Å². The van der Waals surface area contributed by atoms with Crippen molar-refractivity contribution in [3.8, 4) is 0 Å². The molecule has 0 saturated heterocycles. The highest BCUT2D eigenvalue weighted by molar-refractivity contribution is 9.10. The van der Waals surface area contributed by atoms with Gasteiger partial charge in [0.2, 0.25) is 0 Å². The Morgan fingerprint density at radius 2 is 2.00 bits per heavy atom. The van der Waals surface area contributed by atoms with Crippen LogP contribution in [0.15, 0.2) is 22.7 Å². The molecule has 2 nitrogen and oxygen atoms in total. The molecule has 3 heteroatoms. The number of ketones is 1. The summed E-state index contributed by atoms with van der Waals surface area (Å²) in [6.45, 7) is 2.24. The number of halogens is 1. The summed E-state index contributed by atoms with van der Waals surface area (Å²) in [4.78, 5) is 12.5. The molecule has 1 aromatic rings. The lowest BCUT2D eigenvalue weighted by molar-refractivity contribution is 0.0869. The number of hydrogen-bond donors (Lipinski definition) is 1. The summed E-state index contributed by atoms with van der Waals surface area (Å²) in [5, 5.41) is 0. The van der Waals surface area contributed by atoms with Gasteiger partial charge >= 0.3 is 0 Å². The van der Waals surface area contributed by atoms with E-state index in [9.17, 15) is 4.79 Å². The summed E-state index contributed by atoms with van der Waals surface area (Å²) >= 11 is 3.40. The normalized spacial score (nSPS) is 22.7. The largest absolute Gasteiger partial charge is 0.398 e. The maximum absolute atomic E-state index is 12.5. The monoisotopic (exact) mass is 337 g/mol. The molecule has 2 N–H and O–H groups in total. The third-order valence-corrected chi connectivity index (χ3v) is 5.16. The topological polar surface area (TPSA) is 43.1 Å². The Bertz CT molecular complexity index is 464. The molecule has 0 heterocycles. The molecule has 1 aliphatic rings. The Morgan fingerprint density at radius 1 is 1.30 bits per heavy atom. The fraction of sp³-hybridized carbons (Fsp3) is 0.588. The fourth-order valence-corrected chi connectivity index (χ4v) is 3.50. The summed E-state index contributed by atoms with van der Waals surface area (Å²) in [6, 6.07) is 5.52. The lowest BCUT2D eigenvalue weighted by Crippen LogP contribution is -2.22. The highest BCUT2D eigenvalue weighted by atomic mass is 79.9. The van der Waals surface area contributed by atoms with E-state index >= 15 is 0 Å². The highest BCUT2D eigenvalue weighted by Gasteiger charge is 2.26. The minimum absolute atomic E-state index is 0.211. The van der Waals surface area contributed by atoms with Crippen LogP contribution in [0.5, 0.6) is 0 Å². The number of nitrogen functional groups attached to an aromatic ring is 1. The number of nitrogens with two attached hydrogens (primary N) is 1. The minimum Gasteiger partial charge on any atom is -0.398 e. The predicted molar refractivity (Wildman–Crippen MR) is 87.9 cm³/mol. The van der Waals surface area contributed by atoms with Gasteiger partial charge in [0.15, 0.2) is 5.78 Å². The molecule has 110 valence electrons. The average Bonchev–Trinajstić information content (AvgIpc) is 2.48. The van der Waals surface area contributed by atoms with E-state index in [1.165, 1.54) is 32.1 Å². The second-order valence-electron chi connectivity index (χ2n) is 5.96. The number of hydrogen-bond acceptors (Lipinski definition) is 2. The minimum atomic E-state index is 0.211. The van der Waals surface area contributed by atoms with Crippen LogP contribution in [0.4, 0.5) is 5.69 Å². The molecule has 1 aromatic carbocycles. The molecule has 20 heavy (non-hydrogen) atoms. The van der Waals surface area contributed by atoms with Crippen molar-refractivity contribution >= 4 is 27.4 Å². The summed E-state index contributed by atoms with van der Waals surface area (Å²) in [6.07, 6.45) is 8.47. The van der Waals surface area contributed by atoms with Crippen molar-refractivity contribution in [1.82, 2.24) is 0 Å². The van der Waals surface area contributed by atoms with Crippen molar-refractivity contribution in [3.63, 3.8) is 0 Å². The van der Waals surface area contributed by atoms with Crippen LogP contribution in [0.25, 0.3) is 0 Å². The predicted octanol–water partition coefficient (Wildman–Crippen LogP) is 5.21. The number of unbranched alkanes of at least 4 members (excludes halogenated alkanes) is 1. The van der Waals surface area contributed by atoms with E-state index in [1.807, 2.05) is 18.2 Å². The Kier molecular flexibility index (Phi) is 5.64. The molecule has 0 amide bonds. The molecule has 0 unspecified atom stereocenters. The third-order valence-electron chi connectivity index (χ3n) is 4.47. The molecule has 1 saturated carbocycles. The van der Waals surface area contributed by atoms with Crippen LogP contribution in [0.1, 0.15) is 62.2 Å². The highest BCUT2D eigenvalue weighted by Crippen LogP contribution is 2.34. The lowest BCUT2D eigenvalue weighted by atomic mass is 9.77. The number of anilines is 1. The van der Waals surface area contributed by atoms with Gasteiger partial charge in [0, 0.05) is 21.6 Å². The zero-order valence-corrected chi connectivity index (χ0v) is 13.8. The van der Waals surface area contributed by atoms with E-state index in [-0.39, 0.29) is 5.92 Å².